The zero-order valence-electron chi connectivity index (χ0n) is 10.7. The van der Waals surface area contributed by atoms with Gasteiger partial charge in [-0.15, -0.1) is 0 Å². The average molecular weight is 256 g/mol. The number of hydrogen-bond donors (Lipinski definition) is 2. The third kappa shape index (κ3) is 3.88. The van der Waals surface area contributed by atoms with Crippen molar-refractivity contribution in [3.8, 4) is 0 Å². The van der Waals surface area contributed by atoms with Crippen LogP contribution in [0.4, 0.5) is 0 Å². The van der Waals surface area contributed by atoms with Gasteiger partial charge in [-0.3, -0.25) is 4.79 Å². The highest BCUT2D eigenvalue weighted by Crippen LogP contribution is 2.22. The summed E-state index contributed by atoms with van der Waals surface area (Å²) in [4.78, 5) is 12.1. The van der Waals surface area contributed by atoms with Gasteiger partial charge in [0, 0.05) is 6.54 Å². The van der Waals surface area contributed by atoms with Crippen molar-refractivity contribution >= 4 is 17.7 Å². The van der Waals surface area contributed by atoms with Crippen LogP contribution in [0.25, 0.3) is 0 Å². The molecular weight excluding hydrogens is 232 g/mol. The summed E-state index contributed by atoms with van der Waals surface area (Å²) in [5, 5.41) is 6.48. The van der Waals surface area contributed by atoms with Gasteiger partial charge in [-0.2, -0.15) is 11.8 Å². The summed E-state index contributed by atoms with van der Waals surface area (Å²) < 4.78 is 0. The second-order valence-electron chi connectivity index (χ2n) is 5.35. The van der Waals surface area contributed by atoms with Gasteiger partial charge in [0.1, 0.15) is 0 Å². The number of amides is 1. The van der Waals surface area contributed by atoms with E-state index in [1.807, 2.05) is 11.8 Å². The van der Waals surface area contributed by atoms with Crippen molar-refractivity contribution in [2.45, 2.75) is 38.6 Å². The summed E-state index contributed by atoms with van der Waals surface area (Å²) in [6.07, 6.45) is 4.90. The van der Waals surface area contributed by atoms with E-state index in [9.17, 15) is 4.79 Å². The molecule has 2 rings (SSSR count). The van der Waals surface area contributed by atoms with E-state index in [0.717, 1.165) is 13.1 Å². The van der Waals surface area contributed by atoms with Crippen molar-refractivity contribution in [1.29, 1.82) is 0 Å². The summed E-state index contributed by atoms with van der Waals surface area (Å²) in [7, 11) is 0. The third-order valence-corrected chi connectivity index (χ3v) is 5.01. The normalized spacial score (nSPS) is 31.1. The van der Waals surface area contributed by atoms with Crippen LogP contribution in [0, 0.1) is 11.8 Å². The topological polar surface area (TPSA) is 41.1 Å². The number of thioether (sulfide) groups is 1. The highest BCUT2D eigenvalue weighted by atomic mass is 32.2. The Balaban J connectivity index is 1.72. The van der Waals surface area contributed by atoms with Crippen molar-refractivity contribution in [2.75, 3.05) is 24.6 Å². The number of piperidine rings is 1. The molecule has 0 aliphatic carbocycles. The number of nitrogens with one attached hydrogen (secondary N) is 2. The van der Waals surface area contributed by atoms with E-state index >= 15 is 0 Å². The number of carbonyl (C=O) groups is 1. The Kier molecular flexibility index (Phi) is 5.16. The van der Waals surface area contributed by atoms with Gasteiger partial charge < -0.3 is 10.6 Å². The molecule has 0 aromatic rings. The minimum absolute atomic E-state index is 0.0433. The molecule has 0 bridgehead atoms. The molecule has 1 amide bonds. The van der Waals surface area contributed by atoms with E-state index in [4.69, 9.17) is 0 Å². The number of carbonyl (C=O) groups excluding carboxylic acids is 1. The molecule has 2 fully saturated rings. The fourth-order valence-electron chi connectivity index (χ4n) is 2.71. The predicted octanol–water partition coefficient (Wildman–Crippen LogP) is 1.63. The van der Waals surface area contributed by atoms with Crippen LogP contribution in [-0.4, -0.2) is 36.5 Å². The minimum atomic E-state index is 0.0433. The maximum atomic E-state index is 12.1. The smallest absolute Gasteiger partial charge is 0.237 e. The van der Waals surface area contributed by atoms with Crippen molar-refractivity contribution in [3.63, 3.8) is 0 Å². The summed E-state index contributed by atoms with van der Waals surface area (Å²) in [6.45, 7) is 4.04. The van der Waals surface area contributed by atoms with E-state index < -0.39 is 0 Å². The monoisotopic (exact) mass is 256 g/mol. The molecule has 0 aromatic heterocycles. The van der Waals surface area contributed by atoms with Crippen LogP contribution in [-0.2, 0) is 4.79 Å². The first-order chi connectivity index (χ1) is 8.27. The molecular formula is C13H24N2OS. The van der Waals surface area contributed by atoms with E-state index in [0.29, 0.717) is 11.8 Å². The van der Waals surface area contributed by atoms with Crippen LogP contribution < -0.4 is 10.6 Å². The average Bonchev–Trinajstić information content (AvgIpc) is 2.38. The fraction of sp³-hybridized carbons (Fsp3) is 0.923. The standard InChI is InChI=1S/C13H24N2OS/c1-10-3-2-6-14-12(10)13(16)15-9-11-4-7-17-8-5-11/h10-12,14H,2-9H2,1H3,(H,15,16). The van der Waals surface area contributed by atoms with Gasteiger partial charge in [0.25, 0.3) is 0 Å². The third-order valence-electron chi connectivity index (χ3n) is 3.96. The zero-order valence-corrected chi connectivity index (χ0v) is 11.5. The highest BCUT2D eigenvalue weighted by molar-refractivity contribution is 7.99. The van der Waals surface area contributed by atoms with Gasteiger partial charge >= 0.3 is 0 Å². The molecule has 2 aliphatic rings. The Labute approximate surface area is 108 Å². The molecule has 0 saturated carbocycles. The maximum absolute atomic E-state index is 12.1. The molecule has 2 saturated heterocycles. The molecule has 3 nitrogen and oxygen atoms in total. The van der Waals surface area contributed by atoms with Crippen LogP contribution in [0.1, 0.15) is 32.6 Å². The molecule has 0 spiro atoms. The van der Waals surface area contributed by atoms with Gasteiger partial charge in [0.05, 0.1) is 6.04 Å². The van der Waals surface area contributed by atoms with Crippen molar-refractivity contribution in [2.24, 2.45) is 11.8 Å². The number of rotatable bonds is 3. The number of hydrogen-bond acceptors (Lipinski definition) is 3. The molecule has 2 atom stereocenters. The summed E-state index contributed by atoms with van der Waals surface area (Å²) >= 11 is 2.04. The highest BCUT2D eigenvalue weighted by Gasteiger charge is 2.27. The molecule has 0 aromatic carbocycles. The van der Waals surface area contributed by atoms with Crippen LogP contribution in [0.15, 0.2) is 0 Å². The van der Waals surface area contributed by atoms with Crippen LogP contribution in [0.3, 0.4) is 0 Å². The summed E-state index contributed by atoms with van der Waals surface area (Å²) in [5.74, 6) is 3.93. The summed E-state index contributed by atoms with van der Waals surface area (Å²) in [5.41, 5.74) is 0. The molecule has 2 N–H and O–H groups in total. The molecule has 2 aliphatic heterocycles. The lowest BCUT2D eigenvalue weighted by molar-refractivity contribution is -0.125. The Bertz CT molecular complexity index is 254. The van der Waals surface area contributed by atoms with E-state index in [1.165, 1.54) is 37.2 Å². The summed E-state index contributed by atoms with van der Waals surface area (Å²) in [6, 6.07) is 0.0433. The van der Waals surface area contributed by atoms with E-state index in [1.54, 1.807) is 0 Å². The Hall–Kier alpha value is -0.220. The lowest BCUT2D eigenvalue weighted by atomic mass is 9.92. The van der Waals surface area contributed by atoms with Crippen LogP contribution in [0.5, 0.6) is 0 Å². The molecule has 2 unspecified atom stereocenters. The fourth-order valence-corrected chi connectivity index (χ4v) is 3.91. The van der Waals surface area contributed by atoms with Gasteiger partial charge in [0.15, 0.2) is 0 Å². The van der Waals surface area contributed by atoms with Crippen LogP contribution >= 0.6 is 11.8 Å². The van der Waals surface area contributed by atoms with Crippen molar-refractivity contribution < 1.29 is 4.79 Å². The largest absolute Gasteiger partial charge is 0.354 e. The molecule has 0 radical (unpaired) electrons. The van der Waals surface area contributed by atoms with Crippen molar-refractivity contribution in [3.05, 3.63) is 0 Å². The first-order valence-corrected chi connectivity index (χ1v) is 8.01. The van der Waals surface area contributed by atoms with Gasteiger partial charge in [-0.05, 0) is 55.6 Å². The van der Waals surface area contributed by atoms with E-state index in [-0.39, 0.29) is 11.9 Å². The van der Waals surface area contributed by atoms with Crippen LogP contribution in [0.2, 0.25) is 0 Å². The molecule has 17 heavy (non-hydrogen) atoms. The lowest BCUT2D eigenvalue weighted by Crippen LogP contribution is -2.51. The molecule has 2 heterocycles. The predicted molar refractivity (Wildman–Crippen MR) is 73.2 cm³/mol. The molecule has 4 heteroatoms. The minimum Gasteiger partial charge on any atom is -0.354 e. The Morgan fingerprint density at radius 2 is 2.12 bits per heavy atom. The van der Waals surface area contributed by atoms with E-state index in [2.05, 4.69) is 17.6 Å². The second kappa shape index (κ2) is 6.64. The SMILES string of the molecule is CC1CCCNC1C(=O)NCC1CCSCC1. The Morgan fingerprint density at radius 3 is 2.82 bits per heavy atom. The second-order valence-corrected chi connectivity index (χ2v) is 6.58. The first kappa shape index (κ1) is 13.2. The Morgan fingerprint density at radius 1 is 1.35 bits per heavy atom. The van der Waals surface area contributed by atoms with Crippen molar-refractivity contribution in [1.82, 2.24) is 10.6 Å². The van der Waals surface area contributed by atoms with Gasteiger partial charge in [-0.25, -0.2) is 0 Å². The van der Waals surface area contributed by atoms with Gasteiger partial charge in [-0.1, -0.05) is 6.92 Å². The van der Waals surface area contributed by atoms with Gasteiger partial charge in [0.2, 0.25) is 5.91 Å². The molecule has 98 valence electrons. The quantitative estimate of drug-likeness (QED) is 0.806. The first-order valence-electron chi connectivity index (χ1n) is 6.86. The lowest BCUT2D eigenvalue weighted by Gasteiger charge is -2.30. The zero-order chi connectivity index (χ0) is 12.1. The maximum Gasteiger partial charge on any atom is 0.237 e.